The zero-order valence-electron chi connectivity index (χ0n) is 9.60. The molecular weight excluding hydrogens is 216 g/mol. The minimum atomic E-state index is -0.500. The number of rotatable bonds is 3. The largest absolute Gasteiger partial charge is 0.340 e. The minimum Gasteiger partial charge on any atom is -0.340 e. The second kappa shape index (κ2) is 3.63. The van der Waals surface area contributed by atoms with Crippen LogP contribution >= 0.6 is 0 Å². The van der Waals surface area contributed by atoms with E-state index < -0.39 is 6.04 Å². The van der Waals surface area contributed by atoms with Gasteiger partial charge in [0.1, 0.15) is 5.82 Å². The molecule has 3 N–H and O–H groups in total. The number of aromatic amines is 1. The van der Waals surface area contributed by atoms with E-state index in [1.54, 1.807) is 19.2 Å². The van der Waals surface area contributed by atoms with Gasteiger partial charge in [0.2, 0.25) is 0 Å². The van der Waals surface area contributed by atoms with E-state index in [1.165, 1.54) is 12.8 Å². The van der Waals surface area contributed by atoms with Crippen LogP contribution in [0.5, 0.6) is 0 Å². The van der Waals surface area contributed by atoms with Crippen LogP contribution in [0.15, 0.2) is 12.3 Å². The average molecular weight is 230 g/mol. The van der Waals surface area contributed by atoms with E-state index in [-0.39, 0.29) is 5.78 Å². The van der Waals surface area contributed by atoms with Crippen molar-refractivity contribution in [2.45, 2.75) is 31.7 Å². The van der Waals surface area contributed by atoms with E-state index in [2.05, 4.69) is 15.0 Å². The van der Waals surface area contributed by atoms with E-state index in [4.69, 9.17) is 5.73 Å². The third-order valence-corrected chi connectivity index (χ3v) is 3.02. The van der Waals surface area contributed by atoms with Crippen LogP contribution in [0.1, 0.15) is 41.9 Å². The molecule has 1 unspecified atom stereocenters. The van der Waals surface area contributed by atoms with Crippen molar-refractivity contribution in [1.29, 1.82) is 0 Å². The number of fused-ring (bicyclic) bond motifs is 1. The predicted octanol–water partition coefficient (Wildman–Crippen LogP) is 1.37. The van der Waals surface area contributed by atoms with E-state index >= 15 is 0 Å². The van der Waals surface area contributed by atoms with Gasteiger partial charge >= 0.3 is 0 Å². The number of H-pyrrole nitrogens is 1. The van der Waals surface area contributed by atoms with Crippen LogP contribution in [0, 0.1) is 0 Å². The van der Waals surface area contributed by atoms with Gasteiger partial charge in [-0.1, -0.05) is 0 Å². The van der Waals surface area contributed by atoms with Gasteiger partial charge in [-0.3, -0.25) is 4.79 Å². The lowest BCUT2D eigenvalue weighted by molar-refractivity contribution is 0.0968. The maximum Gasteiger partial charge on any atom is 0.180 e. The smallest absolute Gasteiger partial charge is 0.180 e. The summed E-state index contributed by atoms with van der Waals surface area (Å²) in [5.41, 5.74) is 7.60. The highest BCUT2D eigenvalue weighted by atomic mass is 16.1. The Labute approximate surface area is 98.4 Å². The van der Waals surface area contributed by atoms with E-state index in [0.717, 1.165) is 11.3 Å². The van der Waals surface area contributed by atoms with Crippen LogP contribution in [-0.2, 0) is 0 Å². The lowest BCUT2D eigenvalue weighted by Crippen LogP contribution is -2.26. The Balaban J connectivity index is 2.02. The standard InChI is InChI=1S/C12H14N4O/c1-6(13)10(17)8-4-9-12(14-5-8)16-11(15-9)7-2-3-7/h4-7H,2-3,13H2,1H3,(H,14,15,16). The first-order valence-corrected chi connectivity index (χ1v) is 5.80. The van der Waals surface area contributed by atoms with Crippen molar-refractivity contribution in [1.82, 2.24) is 15.0 Å². The summed E-state index contributed by atoms with van der Waals surface area (Å²) in [7, 11) is 0. The molecule has 0 radical (unpaired) electrons. The van der Waals surface area contributed by atoms with E-state index in [0.29, 0.717) is 17.1 Å². The number of ketones is 1. The summed E-state index contributed by atoms with van der Waals surface area (Å²) in [5, 5.41) is 0. The average Bonchev–Trinajstić information content (AvgIpc) is 3.07. The normalized spacial score (nSPS) is 17.3. The molecule has 2 aromatic rings. The molecule has 1 saturated carbocycles. The number of pyridine rings is 1. The number of nitrogens with one attached hydrogen (secondary N) is 1. The predicted molar refractivity (Wildman–Crippen MR) is 63.8 cm³/mol. The molecule has 0 amide bonds. The molecule has 1 aliphatic carbocycles. The van der Waals surface area contributed by atoms with Gasteiger partial charge in [-0.25, -0.2) is 9.97 Å². The number of hydrogen-bond donors (Lipinski definition) is 2. The number of Topliss-reactive ketones (excluding diaryl/α,β-unsaturated/α-hetero) is 1. The SMILES string of the molecule is CC(N)C(=O)c1cnc2nc(C3CC3)[nH]c2c1. The van der Waals surface area contributed by atoms with Gasteiger partial charge in [0.15, 0.2) is 11.4 Å². The summed E-state index contributed by atoms with van der Waals surface area (Å²) in [4.78, 5) is 23.6. The summed E-state index contributed by atoms with van der Waals surface area (Å²) >= 11 is 0. The zero-order valence-corrected chi connectivity index (χ0v) is 9.60. The molecule has 5 heteroatoms. The third-order valence-electron chi connectivity index (χ3n) is 3.02. The van der Waals surface area contributed by atoms with Crippen LogP contribution in [-0.4, -0.2) is 26.8 Å². The second-order valence-electron chi connectivity index (χ2n) is 4.64. The van der Waals surface area contributed by atoms with Crippen molar-refractivity contribution >= 4 is 16.9 Å². The maximum atomic E-state index is 11.7. The fourth-order valence-electron chi connectivity index (χ4n) is 1.87. The third kappa shape index (κ3) is 1.82. The first-order valence-electron chi connectivity index (χ1n) is 5.80. The Bertz CT molecular complexity index is 583. The molecule has 0 spiro atoms. The highest BCUT2D eigenvalue weighted by molar-refractivity contribution is 6.01. The number of aromatic nitrogens is 3. The highest BCUT2D eigenvalue weighted by Gasteiger charge is 2.27. The number of hydrogen-bond acceptors (Lipinski definition) is 4. The Morgan fingerprint density at radius 1 is 1.59 bits per heavy atom. The first kappa shape index (κ1) is 10.4. The maximum absolute atomic E-state index is 11.7. The van der Waals surface area contributed by atoms with E-state index in [1.807, 2.05) is 0 Å². The van der Waals surface area contributed by atoms with Crippen LogP contribution in [0.25, 0.3) is 11.2 Å². The molecule has 2 aromatic heterocycles. The molecule has 5 nitrogen and oxygen atoms in total. The molecule has 0 aliphatic heterocycles. The quantitative estimate of drug-likeness (QED) is 0.780. The fourth-order valence-corrected chi connectivity index (χ4v) is 1.87. The highest BCUT2D eigenvalue weighted by Crippen LogP contribution is 2.38. The van der Waals surface area contributed by atoms with Crippen molar-refractivity contribution in [2.24, 2.45) is 5.73 Å². The molecule has 0 aromatic carbocycles. The number of carbonyl (C=O) groups is 1. The van der Waals surface area contributed by atoms with Gasteiger partial charge in [0, 0.05) is 17.7 Å². The Morgan fingerprint density at radius 2 is 2.35 bits per heavy atom. The molecular formula is C12H14N4O. The van der Waals surface area contributed by atoms with Crippen molar-refractivity contribution in [3.05, 3.63) is 23.7 Å². The number of imidazole rings is 1. The summed E-state index contributed by atoms with van der Waals surface area (Å²) in [6.07, 6.45) is 3.92. The van der Waals surface area contributed by atoms with E-state index in [9.17, 15) is 4.79 Å². The first-order chi connectivity index (χ1) is 8.15. The topological polar surface area (TPSA) is 84.7 Å². The van der Waals surface area contributed by atoms with Gasteiger partial charge in [-0.15, -0.1) is 0 Å². The van der Waals surface area contributed by atoms with Crippen LogP contribution in [0.3, 0.4) is 0 Å². The van der Waals surface area contributed by atoms with Crippen LogP contribution < -0.4 is 5.73 Å². The Hall–Kier alpha value is -1.75. The molecule has 1 atom stereocenters. The summed E-state index contributed by atoms with van der Waals surface area (Å²) in [6, 6.07) is 1.28. The molecule has 1 aliphatic rings. The van der Waals surface area contributed by atoms with Crippen LogP contribution in [0.2, 0.25) is 0 Å². The zero-order chi connectivity index (χ0) is 12.0. The molecule has 0 saturated heterocycles. The monoisotopic (exact) mass is 230 g/mol. The fraction of sp³-hybridized carbons (Fsp3) is 0.417. The molecule has 0 bridgehead atoms. The van der Waals surface area contributed by atoms with Gasteiger partial charge in [0.25, 0.3) is 0 Å². The van der Waals surface area contributed by atoms with Crippen LogP contribution in [0.4, 0.5) is 0 Å². The van der Waals surface area contributed by atoms with Gasteiger partial charge in [-0.2, -0.15) is 0 Å². The lowest BCUT2D eigenvalue weighted by atomic mass is 10.1. The minimum absolute atomic E-state index is 0.0954. The van der Waals surface area contributed by atoms with Gasteiger partial charge in [0.05, 0.1) is 11.6 Å². The van der Waals surface area contributed by atoms with Crippen molar-refractivity contribution in [3.63, 3.8) is 0 Å². The molecule has 17 heavy (non-hydrogen) atoms. The van der Waals surface area contributed by atoms with Gasteiger partial charge < -0.3 is 10.7 Å². The Kier molecular flexibility index (Phi) is 2.22. The Morgan fingerprint density at radius 3 is 3.00 bits per heavy atom. The molecule has 2 heterocycles. The summed E-state index contributed by atoms with van der Waals surface area (Å²) in [5.74, 6) is 1.44. The molecule has 1 fully saturated rings. The van der Waals surface area contributed by atoms with Crippen molar-refractivity contribution in [3.8, 4) is 0 Å². The number of nitrogens with two attached hydrogens (primary N) is 1. The lowest BCUT2D eigenvalue weighted by Gasteiger charge is -2.02. The molecule has 3 rings (SSSR count). The summed E-state index contributed by atoms with van der Waals surface area (Å²) in [6.45, 7) is 1.68. The number of carbonyl (C=O) groups excluding carboxylic acids is 1. The van der Waals surface area contributed by atoms with Gasteiger partial charge in [-0.05, 0) is 25.8 Å². The second-order valence-corrected chi connectivity index (χ2v) is 4.64. The number of nitrogens with zero attached hydrogens (tertiary/aromatic N) is 2. The molecule has 88 valence electrons. The summed E-state index contributed by atoms with van der Waals surface area (Å²) < 4.78 is 0. The van der Waals surface area contributed by atoms with Crippen molar-refractivity contribution < 1.29 is 4.79 Å². The van der Waals surface area contributed by atoms with Crippen molar-refractivity contribution in [2.75, 3.05) is 0 Å².